The van der Waals surface area contributed by atoms with Crippen LogP contribution in [0, 0.1) is 0 Å². The van der Waals surface area contributed by atoms with Crippen molar-refractivity contribution in [2.45, 2.75) is 13.1 Å². The first-order chi connectivity index (χ1) is 1.73. The number of hydrogen-bond donors (Lipinski definition) is 0. The molecule has 0 saturated carbocycles. The first kappa shape index (κ1) is 4.74. The molecule has 0 aliphatic carbocycles. The van der Waals surface area contributed by atoms with Crippen molar-refractivity contribution in [1.82, 2.24) is 0 Å². The third-order valence-corrected chi connectivity index (χ3v) is 0. The monoisotopic (exact) mass is 114 g/mol. The molecular weight excluding hydrogens is 108 g/mol. The van der Waals surface area contributed by atoms with Gasteiger partial charge in [-0.05, 0) is 0 Å². The van der Waals surface area contributed by atoms with Crippen molar-refractivity contribution in [2.24, 2.45) is 0 Å². The summed E-state index contributed by atoms with van der Waals surface area (Å²) in [5, 5.41) is 0. The molecule has 0 N–H and O–H groups in total. The van der Waals surface area contributed by atoms with E-state index < -0.39 is 0 Å². The van der Waals surface area contributed by atoms with Crippen LogP contribution >= 0.6 is 0 Å². The van der Waals surface area contributed by atoms with Crippen LogP contribution in [0.5, 0.6) is 0 Å². The van der Waals surface area contributed by atoms with Crippen LogP contribution < -0.4 is 0 Å². The van der Waals surface area contributed by atoms with Crippen LogP contribution in [-0.4, -0.2) is 6.94 Å². The predicted molar refractivity (Wildman–Crippen MR) is 17.5 cm³/mol. The summed E-state index contributed by atoms with van der Waals surface area (Å²) >= 11 is 3.74. The molecule has 0 radical (unpaired) electrons. The van der Waals surface area contributed by atoms with Crippen molar-refractivity contribution in [1.29, 1.82) is 0 Å². The second kappa shape index (κ2) is 2.00. The van der Waals surface area contributed by atoms with Gasteiger partial charge in [-0.3, -0.25) is 0 Å². The predicted octanol–water partition coefficient (Wildman–Crippen LogP) is 0.784. The zero-order valence-corrected chi connectivity index (χ0v) is 4.96. The van der Waals surface area contributed by atoms with Gasteiger partial charge in [0.25, 0.3) is 0 Å². The molecule has 0 aliphatic rings. The molecule has 0 bridgehead atoms. The van der Waals surface area contributed by atoms with E-state index in [0.717, 1.165) is 0 Å². The third-order valence-electron chi connectivity index (χ3n) is 0. The SMILES string of the molecule is C[Si](C)=[Fe+]. The molecular formula is C2H6FeSi+. The van der Waals surface area contributed by atoms with Crippen LogP contribution in [0.3, 0.4) is 0 Å². The average Bonchev–Trinajstić information content (AvgIpc) is 0.811. The van der Waals surface area contributed by atoms with Gasteiger partial charge in [-0.1, -0.05) is 0 Å². The molecule has 0 saturated heterocycles. The number of hydrogen-bond acceptors (Lipinski definition) is 0. The summed E-state index contributed by atoms with van der Waals surface area (Å²) in [6, 6.07) is 0. The molecule has 0 nitrogen and oxygen atoms in total. The van der Waals surface area contributed by atoms with Gasteiger partial charge in [0.15, 0.2) is 0 Å². The molecule has 0 atom stereocenters. The van der Waals surface area contributed by atoms with Crippen molar-refractivity contribution in [2.75, 3.05) is 0 Å². The Bertz CT molecular complexity index is 29.0. The first-order valence-electron chi connectivity index (χ1n) is 1.18. The summed E-state index contributed by atoms with van der Waals surface area (Å²) in [4.78, 5) is 0. The van der Waals surface area contributed by atoms with Crippen LogP contribution in [0.4, 0.5) is 0 Å². The Kier molecular flexibility index (Phi) is 2.37. The zero-order valence-electron chi connectivity index (χ0n) is 2.85. The summed E-state index contributed by atoms with van der Waals surface area (Å²) in [5.41, 5.74) is 0. The van der Waals surface area contributed by atoms with Gasteiger partial charge in [-0.25, -0.2) is 0 Å². The Morgan fingerprint density at radius 3 is 1.50 bits per heavy atom. The van der Waals surface area contributed by atoms with Gasteiger partial charge in [-0.2, -0.15) is 0 Å². The molecule has 0 spiro atoms. The molecule has 0 aromatic carbocycles. The van der Waals surface area contributed by atoms with Gasteiger partial charge in [0.1, 0.15) is 0 Å². The van der Waals surface area contributed by atoms with Gasteiger partial charge in [0.05, 0.1) is 0 Å². The number of rotatable bonds is 0. The average molecular weight is 114 g/mol. The van der Waals surface area contributed by atoms with E-state index >= 15 is 0 Å². The Hall–Kier alpha value is 0.736. The van der Waals surface area contributed by atoms with E-state index in [9.17, 15) is 0 Å². The van der Waals surface area contributed by atoms with Crippen LogP contribution in [0.15, 0.2) is 0 Å². The van der Waals surface area contributed by atoms with Crippen LogP contribution in [0.25, 0.3) is 0 Å². The van der Waals surface area contributed by atoms with E-state index in [2.05, 4.69) is 28.0 Å². The second-order valence-electron chi connectivity index (χ2n) is 0.854. The quantitative estimate of drug-likeness (QED) is 0.408. The summed E-state index contributed by atoms with van der Waals surface area (Å²) in [6.45, 7) is 4.19. The Labute approximate surface area is 35.5 Å². The molecule has 0 aromatic heterocycles. The third kappa shape index (κ3) is 15.2. The Morgan fingerprint density at radius 1 is 1.50 bits per heavy atom. The summed E-state index contributed by atoms with van der Waals surface area (Å²) in [6.07, 6.45) is 0. The van der Waals surface area contributed by atoms with Crippen LogP contribution in [0.2, 0.25) is 13.1 Å². The Balaban J connectivity index is 2.80. The molecule has 0 unspecified atom stereocenters. The van der Waals surface area contributed by atoms with Crippen molar-refractivity contribution in [3.8, 4) is 0 Å². The minimum absolute atomic E-state index is 0.130. The van der Waals surface area contributed by atoms with Gasteiger partial charge in [-0.15, -0.1) is 0 Å². The van der Waals surface area contributed by atoms with Crippen molar-refractivity contribution in [3.05, 3.63) is 0 Å². The van der Waals surface area contributed by atoms with E-state index in [4.69, 9.17) is 0 Å². The molecule has 25 valence electrons. The molecule has 0 amide bonds. The normalized spacial score (nSPS) is 6.50. The van der Waals surface area contributed by atoms with Crippen molar-refractivity contribution >= 4 is 6.94 Å². The van der Waals surface area contributed by atoms with Gasteiger partial charge >= 0.3 is 34.9 Å². The second-order valence-corrected chi connectivity index (χ2v) is 5.87. The van der Waals surface area contributed by atoms with Crippen LogP contribution in [-0.2, 0) is 14.9 Å². The summed E-state index contributed by atoms with van der Waals surface area (Å²) < 4.78 is 0. The Morgan fingerprint density at radius 2 is 1.50 bits per heavy atom. The van der Waals surface area contributed by atoms with E-state index in [1.165, 1.54) is 0 Å². The van der Waals surface area contributed by atoms with Crippen LogP contribution in [0.1, 0.15) is 0 Å². The molecule has 2 heteroatoms. The molecule has 0 aliphatic heterocycles. The molecule has 4 heavy (non-hydrogen) atoms. The van der Waals surface area contributed by atoms with E-state index in [1.807, 2.05) is 0 Å². The van der Waals surface area contributed by atoms with Crippen molar-refractivity contribution in [3.63, 3.8) is 0 Å². The molecule has 0 aromatic rings. The van der Waals surface area contributed by atoms with E-state index in [0.29, 0.717) is 0 Å². The standard InChI is InChI=1S/C2H6Si.Fe/c1-3-2;/h1-2H3;/q;+1. The topological polar surface area (TPSA) is 0 Å². The maximum atomic E-state index is 3.74. The first-order valence-corrected chi connectivity index (χ1v) is 5.19. The van der Waals surface area contributed by atoms with Gasteiger partial charge < -0.3 is 0 Å². The van der Waals surface area contributed by atoms with Gasteiger partial charge in [0, 0.05) is 0 Å². The fourth-order valence-electron chi connectivity index (χ4n) is 0. The summed E-state index contributed by atoms with van der Waals surface area (Å²) in [5.74, 6) is 0. The summed E-state index contributed by atoms with van der Waals surface area (Å²) in [7, 11) is 0. The molecule has 0 heterocycles. The zero-order chi connectivity index (χ0) is 3.58. The van der Waals surface area contributed by atoms with E-state index in [1.54, 1.807) is 0 Å². The van der Waals surface area contributed by atoms with Crippen molar-refractivity contribution < 1.29 is 14.9 Å². The van der Waals surface area contributed by atoms with Gasteiger partial charge in [0.2, 0.25) is 0 Å². The van der Waals surface area contributed by atoms with E-state index in [-0.39, 0.29) is 6.94 Å². The maximum absolute atomic E-state index is 3.74. The molecule has 0 rings (SSSR count). The molecule has 0 fully saturated rings. The fraction of sp³-hybridized carbons (Fsp3) is 1.00. The fourth-order valence-corrected chi connectivity index (χ4v) is 0. The minimum atomic E-state index is -0.130.